The Morgan fingerprint density at radius 2 is 1.94 bits per heavy atom. The molecule has 0 aliphatic rings. The second-order valence-corrected chi connectivity index (χ2v) is 3.90. The van der Waals surface area contributed by atoms with Crippen LogP contribution in [0, 0.1) is 0 Å². The van der Waals surface area contributed by atoms with Crippen molar-refractivity contribution >= 4 is 5.91 Å². The molecule has 0 unspecified atom stereocenters. The first kappa shape index (κ1) is 14.9. The first-order valence-electron chi connectivity index (χ1n) is 6.33. The Kier molecular flexibility index (Phi) is 8.59. The highest BCUT2D eigenvalue weighted by Gasteiger charge is 2.14. The van der Waals surface area contributed by atoms with Gasteiger partial charge >= 0.3 is 0 Å². The molecule has 0 rings (SSSR count). The second kappa shape index (κ2) is 9.20. The Hall–Kier alpha value is -1.05. The molecule has 0 fully saturated rings. The third kappa shape index (κ3) is 5.15. The van der Waals surface area contributed by atoms with Crippen LogP contribution in [-0.4, -0.2) is 17.4 Å². The summed E-state index contributed by atoms with van der Waals surface area (Å²) in [5, 5.41) is 0. The van der Waals surface area contributed by atoms with E-state index in [1.165, 1.54) is 0 Å². The summed E-state index contributed by atoms with van der Waals surface area (Å²) in [5.74, 6) is 0.242. The number of nitrogens with zero attached hydrogens (tertiary/aromatic N) is 1. The van der Waals surface area contributed by atoms with Gasteiger partial charge in [0.05, 0.1) is 0 Å². The maximum absolute atomic E-state index is 12.0. The monoisotopic (exact) mass is 223 g/mol. The fourth-order valence-electron chi connectivity index (χ4n) is 1.63. The summed E-state index contributed by atoms with van der Waals surface area (Å²) in [4.78, 5) is 13.9. The molecule has 0 N–H and O–H groups in total. The molecule has 92 valence electrons. The Balaban J connectivity index is 4.68. The number of hydrogen-bond donors (Lipinski definition) is 0. The molecule has 2 heteroatoms. The van der Waals surface area contributed by atoms with Crippen molar-refractivity contribution in [3.63, 3.8) is 0 Å². The Morgan fingerprint density at radius 3 is 2.38 bits per heavy atom. The van der Waals surface area contributed by atoms with E-state index in [1.807, 2.05) is 17.9 Å². The lowest BCUT2D eigenvalue weighted by atomic mass is 10.2. The van der Waals surface area contributed by atoms with Crippen molar-refractivity contribution in [3.05, 3.63) is 24.4 Å². The van der Waals surface area contributed by atoms with Crippen molar-refractivity contribution in [2.24, 2.45) is 0 Å². The average molecular weight is 223 g/mol. The van der Waals surface area contributed by atoms with E-state index >= 15 is 0 Å². The molecule has 16 heavy (non-hydrogen) atoms. The summed E-state index contributed by atoms with van der Waals surface area (Å²) >= 11 is 0. The highest BCUT2D eigenvalue weighted by atomic mass is 16.2. The van der Waals surface area contributed by atoms with Crippen LogP contribution in [0.25, 0.3) is 0 Å². The summed E-state index contributed by atoms with van der Waals surface area (Å²) in [6.07, 6.45) is 8.31. The minimum absolute atomic E-state index is 0.242. The van der Waals surface area contributed by atoms with Crippen LogP contribution in [0.1, 0.15) is 52.9 Å². The summed E-state index contributed by atoms with van der Waals surface area (Å²) in [6.45, 7) is 10.8. The fraction of sp³-hybridized carbons (Fsp3) is 0.643. The molecule has 0 saturated carbocycles. The van der Waals surface area contributed by atoms with Crippen molar-refractivity contribution in [1.29, 1.82) is 0 Å². The zero-order valence-corrected chi connectivity index (χ0v) is 11.0. The van der Waals surface area contributed by atoms with E-state index in [0.29, 0.717) is 6.42 Å². The van der Waals surface area contributed by atoms with Gasteiger partial charge in [0, 0.05) is 18.7 Å². The quantitative estimate of drug-likeness (QED) is 0.572. The van der Waals surface area contributed by atoms with Crippen LogP contribution in [0.3, 0.4) is 0 Å². The van der Waals surface area contributed by atoms with E-state index in [4.69, 9.17) is 0 Å². The van der Waals surface area contributed by atoms with Crippen LogP contribution in [0.15, 0.2) is 24.4 Å². The highest BCUT2D eigenvalue weighted by molar-refractivity contribution is 5.78. The summed E-state index contributed by atoms with van der Waals surface area (Å²) in [6, 6.07) is 0. The van der Waals surface area contributed by atoms with Crippen molar-refractivity contribution in [3.8, 4) is 0 Å². The zero-order valence-electron chi connectivity index (χ0n) is 11.0. The topological polar surface area (TPSA) is 20.3 Å². The van der Waals surface area contributed by atoms with Crippen LogP contribution in [0.4, 0.5) is 0 Å². The standard InChI is InChI=1S/C14H25NO/c1-5-9-12-15(14(16)11-7-3)13(8-4)10-6-2/h6,10H,2,5,7-9,11-12H2,1,3-4H3/b13-10+. The summed E-state index contributed by atoms with van der Waals surface area (Å²) in [7, 11) is 0. The normalized spacial score (nSPS) is 11.3. The van der Waals surface area contributed by atoms with Crippen molar-refractivity contribution in [2.75, 3.05) is 6.54 Å². The summed E-state index contributed by atoms with van der Waals surface area (Å²) < 4.78 is 0. The minimum Gasteiger partial charge on any atom is -0.316 e. The lowest BCUT2D eigenvalue weighted by Crippen LogP contribution is -2.30. The van der Waals surface area contributed by atoms with Crippen LogP contribution < -0.4 is 0 Å². The number of rotatable bonds is 8. The molecule has 0 heterocycles. The first-order valence-corrected chi connectivity index (χ1v) is 6.33. The number of hydrogen-bond acceptors (Lipinski definition) is 1. The number of amides is 1. The van der Waals surface area contributed by atoms with Gasteiger partial charge in [-0.25, -0.2) is 0 Å². The molecule has 2 nitrogen and oxygen atoms in total. The molecule has 0 aromatic rings. The lowest BCUT2D eigenvalue weighted by molar-refractivity contribution is -0.129. The van der Waals surface area contributed by atoms with Crippen LogP contribution in [0.2, 0.25) is 0 Å². The maximum atomic E-state index is 12.0. The second-order valence-electron chi connectivity index (χ2n) is 3.90. The molecule has 0 aromatic heterocycles. The lowest BCUT2D eigenvalue weighted by Gasteiger charge is -2.24. The number of unbranched alkanes of at least 4 members (excludes halogenated alkanes) is 1. The van der Waals surface area contributed by atoms with Gasteiger partial charge in [-0.1, -0.05) is 39.8 Å². The Labute approximate surface area is 100 Å². The van der Waals surface area contributed by atoms with Crippen molar-refractivity contribution in [1.82, 2.24) is 4.90 Å². The minimum atomic E-state index is 0.242. The molecule has 0 radical (unpaired) electrons. The van der Waals surface area contributed by atoms with Gasteiger partial charge in [-0.2, -0.15) is 0 Å². The number of allylic oxidation sites excluding steroid dienone is 3. The van der Waals surface area contributed by atoms with Gasteiger partial charge in [0.1, 0.15) is 0 Å². The van der Waals surface area contributed by atoms with E-state index in [1.54, 1.807) is 6.08 Å². The molecule has 0 aromatic carbocycles. The molecular weight excluding hydrogens is 198 g/mol. The van der Waals surface area contributed by atoms with Crippen molar-refractivity contribution < 1.29 is 4.79 Å². The molecule has 0 saturated heterocycles. The van der Waals surface area contributed by atoms with Crippen LogP contribution in [0.5, 0.6) is 0 Å². The number of carbonyl (C=O) groups excluding carboxylic acids is 1. The van der Waals surface area contributed by atoms with Gasteiger partial charge < -0.3 is 4.90 Å². The van der Waals surface area contributed by atoms with Gasteiger partial charge in [0.25, 0.3) is 0 Å². The van der Waals surface area contributed by atoms with Gasteiger partial charge in [0.2, 0.25) is 5.91 Å². The van der Waals surface area contributed by atoms with E-state index in [9.17, 15) is 4.79 Å². The zero-order chi connectivity index (χ0) is 12.4. The van der Waals surface area contributed by atoms with Gasteiger partial charge in [0.15, 0.2) is 0 Å². The Bertz CT molecular complexity index is 243. The number of carbonyl (C=O) groups is 1. The van der Waals surface area contributed by atoms with E-state index in [2.05, 4.69) is 20.4 Å². The average Bonchev–Trinajstić information content (AvgIpc) is 2.28. The molecule has 0 atom stereocenters. The van der Waals surface area contributed by atoms with Gasteiger partial charge in [-0.05, 0) is 25.3 Å². The third-order valence-electron chi connectivity index (χ3n) is 2.52. The highest BCUT2D eigenvalue weighted by Crippen LogP contribution is 2.13. The first-order chi connectivity index (χ1) is 7.71. The van der Waals surface area contributed by atoms with Crippen LogP contribution >= 0.6 is 0 Å². The largest absolute Gasteiger partial charge is 0.316 e. The van der Waals surface area contributed by atoms with E-state index in [-0.39, 0.29) is 5.91 Å². The SMILES string of the molecule is C=C/C=C(\CC)N(CCCC)C(=O)CCC. The van der Waals surface area contributed by atoms with Crippen LogP contribution in [-0.2, 0) is 4.79 Å². The molecule has 0 aliphatic heterocycles. The predicted molar refractivity (Wildman–Crippen MR) is 70.1 cm³/mol. The molecule has 0 spiro atoms. The van der Waals surface area contributed by atoms with E-state index < -0.39 is 0 Å². The smallest absolute Gasteiger partial charge is 0.226 e. The van der Waals surface area contributed by atoms with E-state index in [0.717, 1.165) is 37.9 Å². The maximum Gasteiger partial charge on any atom is 0.226 e. The molecule has 0 aliphatic carbocycles. The predicted octanol–water partition coefficient (Wildman–Crippen LogP) is 3.90. The summed E-state index contributed by atoms with van der Waals surface area (Å²) in [5.41, 5.74) is 1.09. The molecule has 0 bridgehead atoms. The third-order valence-corrected chi connectivity index (χ3v) is 2.52. The molecular formula is C14H25NO. The van der Waals surface area contributed by atoms with Gasteiger partial charge in [-0.3, -0.25) is 4.79 Å². The Morgan fingerprint density at radius 1 is 1.25 bits per heavy atom. The fourth-order valence-corrected chi connectivity index (χ4v) is 1.63. The van der Waals surface area contributed by atoms with Crippen molar-refractivity contribution in [2.45, 2.75) is 52.9 Å². The van der Waals surface area contributed by atoms with Gasteiger partial charge in [-0.15, -0.1) is 0 Å². The molecule has 1 amide bonds.